The van der Waals surface area contributed by atoms with E-state index in [-0.39, 0.29) is 5.82 Å². The van der Waals surface area contributed by atoms with E-state index in [4.69, 9.17) is 5.73 Å². The molecule has 1 aromatic heterocycles. The van der Waals surface area contributed by atoms with Crippen LogP contribution in [0.1, 0.15) is 22.4 Å². The van der Waals surface area contributed by atoms with Gasteiger partial charge in [-0.2, -0.15) is 0 Å². The van der Waals surface area contributed by atoms with Crippen LogP contribution in [0.5, 0.6) is 0 Å². The summed E-state index contributed by atoms with van der Waals surface area (Å²) in [5.41, 5.74) is 7.52. The summed E-state index contributed by atoms with van der Waals surface area (Å²) in [4.78, 5) is 5.57. The Kier molecular flexibility index (Phi) is 3.81. The molecule has 0 saturated carbocycles. The van der Waals surface area contributed by atoms with Crippen molar-refractivity contribution >= 4 is 22.7 Å². The lowest BCUT2D eigenvalue weighted by molar-refractivity contribution is 0.619. The van der Waals surface area contributed by atoms with Gasteiger partial charge in [-0.25, -0.2) is 9.37 Å². The maximum Gasteiger partial charge on any atom is 0.128 e. The van der Waals surface area contributed by atoms with E-state index in [1.54, 1.807) is 24.3 Å². The Bertz CT molecular complexity index is 551. The number of halogens is 1. The highest BCUT2D eigenvalue weighted by Gasteiger charge is 2.06. The fourth-order valence-corrected chi connectivity index (χ4v) is 2.42. The molecular weight excluding hydrogens is 249 g/mol. The number of aromatic nitrogens is 1. The molecule has 0 spiro atoms. The van der Waals surface area contributed by atoms with Crippen LogP contribution < -0.4 is 11.1 Å². The Morgan fingerprint density at radius 2 is 2.22 bits per heavy atom. The van der Waals surface area contributed by atoms with Gasteiger partial charge in [0, 0.05) is 11.1 Å². The van der Waals surface area contributed by atoms with Crippen LogP contribution in [0.2, 0.25) is 0 Å². The van der Waals surface area contributed by atoms with E-state index in [0.29, 0.717) is 17.8 Å². The van der Waals surface area contributed by atoms with Gasteiger partial charge < -0.3 is 11.1 Å². The minimum absolute atomic E-state index is 0.277. The van der Waals surface area contributed by atoms with E-state index in [1.165, 1.54) is 10.9 Å². The first kappa shape index (κ1) is 12.8. The van der Waals surface area contributed by atoms with Crippen molar-refractivity contribution in [2.75, 3.05) is 11.1 Å². The van der Waals surface area contributed by atoms with Gasteiger partial charge in [0.15, 0.2) is 0 Å². The van der Waals surface area contributed by atoms with Crippen molar-refractivity contribution in [2.24, 2.45) is 0 Å². The Balaban J connectivity index is 2.08. The quantitative estimate of drug-likeness (QED) is 0.834. The third kappa shape index (κ3) is 2.79. The van der Waals surface area contributed by atoms with Gasteiger partial charge in [0.2, 0.25) is 0 Å². The topological polar surface area (TPSA) is 50.9 Å². The zero-order valence-electron chi connectivity index (χ0n) is 10.5. The Morgan fingerprint density at radius 1 is 1.44 bits per heavy atom. The smallest absolute Gasteiger partial charge is 0.128 e. The number of thiazole rings is 1. The molecular formula is C13H16FN3S. The molecule has 2 rings (SSSR count). The summed E-state index contributed by atoms with van der Waals surface area (Å²) in [6.45, 7) is 4.44. The molecule has 0 bridgehead atoms. The predicted octanol–water partition coefficient (Wildman–Crippen LogP) is 3.35. The molecule has 0 radical (unpaired) electrons. The van der Waals surface area contributed by atoms with Crippen molar-refractivity contribution in [3.63, 3.8) is 0 Å². The number of rotatable bonds is 4. The van der Waals surface area contributed by atoms with E-state index in [2.05, 4.69) is 17.2 Å². The first-order valence-electron chi connectivity index (χ1n) is 5.83. The number of anilines is 2. The normalized spacial score (nSPS) is 10.6. The van der Waals surface area contributed by atoms with Gasteiger partial charge in [0.1, 0.15) is 10.8 Å². The van der Waals surface area contributed by atoms with Crippen molar-refractivity contribution in [1.29, 1.82) is 0 Å². The van der Waals surface area contributed by atoms with Crippen LogP contribution >= 0.6 is 11.3 Å². The van der Waals surface area contributed by atoms with Gasteiger partial charge in [-0.05, 0) is 31.0 Å². The van der Waals surface area contributed by atoms with Crippen LogP contribution in [0, 0.1) is 12.7 Å². The molecule has 1 heterocycles. The van der Waals surface area contributed by atoms with Crippen LogP contribution in [-0.4, -0.2) is 4.98 Å². The zero-order valence-corrected chi connectivity index (χ0v) is 11.3. The first-order chi connectivity index (χ1) is 8.60. The number of benzene rings is 1. The van der Waals surface area contributed by atoms with Crippen LogP contribution in [0.25, 0.3) is 0 Å². The lowest BCUT2D eigenvalue weighted by Crippen LogP contribution is -2.03. The maximum absolute atomic E-state index is 13.3. The Morgan fingerprint density at radius 3 is 2.89 bits per heavy atom. The summed E-state index contributed by atoms with van der Waals surface area (Å²) in [6, 6.07) is 3.07. The molecule has 0 amide bonds. The predicted molar refractivity (Wildman–Crippen MR) is 74.4 cm³/mol. The molecule has 0 unspecified atom stereocenters. The minimum atomic E-state index is -0.277. The first-order valence-corrected chi connectivity index (χ1v) is 6.65. The number of nitrogen functional groups attached to an aromatic ring is 1. The molecule has 0 aliphatic rings. The number of nitrogens with two attached hydrogens (primary N) is 1. The van der Waals surface area contributed by atoms with Gasteiger partial charge in [-0.15, -0.1) is 11.3 Å². The monoisotopic (exact) mass is 265 g/mol. The van der Waals surface area contributed by atoms with Crippen molar-refractivity contribution < 1.29 is 4.39 Å². The van der Waals surface area contributed by atoms with Gasteiger partial charge in [-0.3, -0.25) is 0 Å². The van der Waals surface area contributed by atoms with E-state index in [1.807, 2.05) is 6.20 Å². The van der Waals surface area contributed by atoms with E-state index < -0.39 is 0 Å². The zero-order chi connectivity index (χ0) is 13.1. The molecule has 0 aliphatic carbocycles. The van der Waals surface area contributed by atoms with Crippen molar-refractivity contribution in [1.82, 2.24) is 4.98 Å². The van der Waals surface area contributed by atoms with Crippen LogP contribution in [-0.2, 0) is 13.0 Å². The number of nitrogens with zero attached hydrogens (tertiary/aromatic N) is 1. The highest BCUT2D eigenvalue weighted by Crippen LogP contribution is 2.23. The van der Waals surface area contributed by atoms with Gasteiger partial charge in [-0.1, -0.05) is 6.92 Å². The van der Waals surface area contributed by atoms with Crippen molar-refractivity contribution in [3.8, 4) is 0 Å². The number of hydrogen-bond acceptors (Lipinski definition) is 4. The second-order valence-electron chi connectivity index (χ2n) is 4.12. The molecule has 18 heavy (non-hydrogen) atoms. The molecule has 1 aromatic carbocycles. The second-order valence-corrected chi connectivity index (χ2v) is 5.32. The second kappa shape index (κ2) is 5.35. The average molecular weight is 265 g/mol. The number of hydrogen-bond donors (Lipinski definition) is 2. The molecule has 3 N–H and O–H groups in total. The molecule has 0 aliphatic heterocycles. The summed E-state index contributed by atoms with van der Waals surface area (Å²) >= 11 is 1.68. The van der Waals surface area contributed by atoms with Crippen LogP contribution in [0.3, 0.4) is 0 Å². The average Bonchev–Trinajstić information content (AvgIpc) is 2.80. The van der Waals surface area contributed by atoms with Crippen molar-refractivity contribution in [2.45, 2.75) is 26.8 Å². The third-order valence-electron chi connectivity index (χ3n) is 2.71. The standard InChI is InChI=1S/C13H16FN3S/c1-3-9-6-17-13(18-9)7-16-12-4-8(2)10(14)5-11(12)15/h4-6,16H,3,7,15H2,1-2H3. The minimum Gasteiger partial charge on any atom is -0.397 e. The number of aryl methyl sites for hydroxylation is 2. The fraction of sp³-hybridized carbons (Fsp3) is 0.308. The molecule has 96 valence electrons. The Hall–Kier alpha value is -1.62. The molecule has 0 atom stereocenters. The summed E-state index contributed by atoms with van der Waals surface area (Å²) in [7, 11) is 0. The lowest BCUT2D eigenvalue weighted by atomic mass is 10.2. The maximum atomic E-state index is 13.3. The largest absolute Gasteiger partial charge is 0.397 e. The van der Waals surface area contributed by atoms with Crippen LogP contribution in [0.15, 0.2) is 18.3 Å². The highest BCUT2D eigenvalue weighted by atomic mass is 32.1. The summed E-state index contributed by atoms with van der Waals surface area (Å²) < 4.78 is 13.3. The lowest BCUT2D eigenvalue weighted by Gasteiger charge is -2.09. The molecule has 0 fully saturated rings. The molecule has 5 heteroatoms. The fourth-order valence-electron chi connectivity index (χ4n) is 1.61. The number of nitrogens with one attached hydrogen (secondary N) is 1. The molecule has 2 aromatic rings. The van der Waals surface area contributed by atoms with E-state index in [0.717, 1.165) is 17.1 Å². The van der Waals surface area contributed by atoms with Gasteiger partial charge >= 0.3 is 0 Å². The van der Waals surface area contributed by atoms with E-state index in [9.17, 15) is 4.39 Å². The summed E-state index contributed by atoms with van der Waals surface area (Å²) in [5, 5.41) is 4.20. The van der Waals surface area contributed by atoms with Gasteiger partial charge in [0.05, 0.1) is 17.9 Å². The van der Waals surface area contributed by atoms with Gasteiger partial charge in [0.25, 0.3) is 0 Å². The summed E-state index contributed by atoms with van der Waals surface area (Å²) in [6.07, 6.45) is 2.89. The third-order valence-corrected chi connectivity index (χ3v) is 3.85. The molecule has 0 saturated heterocycles. The van der Waals surface area contributed by atoms with Crippen molar-refractivity contribution in [3.05, 3.63) is 39.6 Å². The highest BCUT2D eigenvalue weighted by molar-refractivity contribution is 7.11. The summed E-state index contributed by atoms with van der Waals surface area (Å²) in [5.74, 6) is -0.277. The Labute approximate surface area is 110 Å². The van der Waals surface area contributed by atoms with Crippen LogP contribution in [0.4, 0.5) is 15.8 Å². The SMILES string of the molecule is CCc1cnc(CNc2cc(C)c(F)cc2N)s1. The van der Waals surface area contributed by atoms with E-state index >= 15 is 0 Å². The molecule has 3 nitrogen and oxygen atoms in total.